The molecule has 0 aliphatic carbocycles. The molecule has 0 saturated heterocycles. The highest BCUT2D eigenvalue weighted by Crippen LogP contribution is 2.48. The molecule has 5 nitrogen and oxygen atoms in total. The Morgan fingerprint density at radius 2 is 1.71 bits per heavy atom. The summed E-state index contributed by atoms with van der Waals surface area (Å²) in [5.74, 6) is 0. The molecule has 0 aliphatic rings. The predicted octanol–water partition coefficient (Wildman–Crippen LogP) is 3.00. The van der Waals surface area contributed by atoms with Crippen molar-refractivity contribution in [3.8, 4) is 6.07 Å². The highest BCUT2D eigenvalue weighted by molar-refractivity contribution is 7.53. The van der Waals surface area contributed by atoms with Crippen molar-refractivity contribution in [3.05, 3.63) is 0 Å². The number of rotatable bonds is 8. The molecule has 17 heavy (non-hydrogen) atoms. The van der Waals surface area contributed by atoms with Crippen LogP contribution in [0.15, 0.2) is 0 Å². The second kappa shape index (κ2) is 7.30. The summed E-state index contributed by atoms with van der Waals surface area (Å²) >= 11 is 0. The number of nitrogens with zero attached hydrogens (tertiary/aromatic N) is 1. The molecular formula is C10H22NO4PSi. The van der Waals surface area contributed by atoms with Crippen LogP contribution >= 0.6 is 7.60 Å². The lowest BCUT2D eigenvalue weighted by atomic mass is 10.5. The predicted molar refractivity (Wildman–Crippen MR) is 69.6 cm³/mol. The summed E-state index contributed by atoms with van der Waals surface area (Å²) in [5, 5.41) is 9.00. The van der Waals surface area contributed by atoms with E-state index >= 15 is 0 Å². The summed E-state index contributed by atoms with van der Waals surface area (Å²) in [6, 6.07) is 2.01. The Hall–Kier alpha value is -0.183. The van der Waals surface area contributed by atoms with Gasteiger partial charge >= 0.3 is 7.60 Å². The second-order valence-corrected chi connectivity index (χ2v) is 11.0. The summed E-state index contributed by atoms with van der Waals surface area (Å²) in [6.45, 7) is 10.0. The molecule has 0 N–H and O–H groups in total. The summed E-state index contributed by atoms with van der Waals surface area (Å²) in [6.07, 6.45) is -0.735. The maximum absolute atomic E-state index is 12.2. The van der Waals surface area contributed by atoms with Crippen LogP contribution in [0, 0.1) is 11.3 Å². The van der Waals surface area contributed by atoms with Crippen LogP contribution in [0.5, 0.6) is 0 Å². The van der Waals surface area contributed by atoms with E-state index in [1.54, 1.807) is 13.8 Å². The fraction of sp³-hybridized carbons (Fsp3) is 0.900. The van der Waals surface area contributed by atoms with Crippen molar-refractivity contribution < 1.29 is 18.0 Å². The zero-order valence-electron chi connectivity index (χ0n) is 11.2. The molecule has 0 aromatic rings. The molecule has 7 heteroatoms. The quantitative estimate of drug-likeness (QED) is 0.504. The third kappa shape index (κ3) is 7.69. The van der Waals surface area contributed by atoms with Gasteiger partial charge in [0.2, 0.25) is 0 Å². The fourth-order valence-corrected chi connectivity index (χ4v) is 4.03. The molecule has 0 radical (unpaired) electrons. The Morgan fingerprint density at radius 3 is 2.00 bits per heavy atom. The topological polar surface area (TPSA) is 68.6 Å². The van der Waals surface area contributed by atoms with Gasteiger partial charge in [-0.05, 0) is 33.5 Å². The molecule has 0 amide bonds. The van der Waals surface area contributed by atoms with E-state index in [0.717, 1.165) is 0 Å². The van der Waals surface area contributed by atoms with Crippen LogP contribution in [0.2, 0.25) is 19.6 Å². The Bertz CT molecular complexity index is 300. The molecule has 0 saturated carbocycles. The number of hydrogen-bond donors (Lipinski definition) is 0. The summed E-state index contributed by atoms with van der Waals surface area (Å²) in [7, 11) is -5.04. The van der Waals surface area contributed by atoms with E-state index in [1.807, 2.05) is 25.7 Å². The Balaban J connectivity index is 4.62. The summed E-state index contributed by atoms with van der Waals surface area (Å²) < 4.78 is 28.1. The van der Waals surface area contributed by atoms with Gasteiger partial charge in [0.25, 0.3) is 0 Å². The first kappa shape index (κ1) is 16.8. The van der Waals surface area contributed by atoms with Crippen LogP contribution in [-0.4, -0.2) is 33.8 Å². The monoisotopic (exact) mass is 279 g/mol. The highest BCUT2D eigenvalue weighted by atomic mass is 31.2. The molecule has 0 spiro atoms. The van der Waals surface area contributed by atoms with Crippen LogP contribution in [0.4, 0.5) is 0 Å². The minimum absolute atomic E-state index is 0.00451. The molecule has 0 aromatic carbocycles. The highest BCUT2D eigenvalue weighted by Gasteiger charge is 2.31. The molecule has 0 fully saturated rings. The fourth-order valence-electron chi connectivity index (χ4n) is 1.27. The van der Waals surface area contributed by atoms with Crippen molar-refractivity contribution in [3.63, 3.8) is 0 Å². The van der Waals surface area contributed by atoms with E-state index in [-0.39, 0.29) is 6.16 Å². The van der Waals surface area contributed by atoms with Crippen molar-refractivity contribution in [2.75, 3.05) is 19.4 Å². The Kier molecular flexibility index (Phi) is 7.22. The SMILES string of the molecule is CCOP(=O)(CC(C#N)O[Si](C)(C)C)OCC. The molecule has 0 heterocycles. The van der Waals surface area contributed by atoms with Crippen LogP contribution in [0.1, 0.15) is 13.8 Å². The van der Waals surface area contributed by atoms with E-state index in [1.165, 1.54) is 0 Å². The first-order chi connectivity index (χ1) is 7.76. The van der Waals surface area contributed by atoms with Gasteiger partial charge in [-0.1, -0.05) is 0 Å². The summed E-state index contributed by atoms with van der Waals surface area (Å²) in [5.41, 5.74) is 0. The normalized spacial score (nSPS) is 14.4. The van der Waals surface area contributed by atoms with Gasteiger partial charge in [-0.2, -0.15) is 5.26 Å². The van der Waals surface area contributed by atoms with Crippen LogP contribution < -0.4 is 0 Å². The van der Waals surface area contributed by atoms with E-state index in [4.69, 9.17) is 18.7 Å². The third-order valence-corrected chi connectivity index (χ3v) is 4.75. The van der Waals surface area contributed by atoms with Crippen molar-refractivity contribution in [1.82, 2.24) is 0 Å². The lowest BCUT2D eigenvalue weighted by Gasteiger charge is -2.24. The molecule has 1 atom stereocenters. The van der Waals surface area contributed by atoms with Gasteiger partial charge in [0, 0.05) is 0 Å². The molecular weight excluding hydrogens is 257 g/mol. The zero-order valence-corrected chi connectivity index (χ0v) is 13.1. The maximum Gasteiger partial charge on any atom is 0.334 e. The summed E-state index contributed by atoms with van der Waals surface area (Å²) in [4.78, 5) is 0. The minimum atomic E-state index is -3.20. The second-order valence-electron chi connectivity index (χ2n) is 4.48. The van der Waals surface area contributed by atoms with Crippen molar-refractivity contribution >= 4 is 15.9 Å². The third-order valence-electron chi connectivity index (χ3n) is 1.68. The van der Waals surface area contributed by atoms with Gasteiger partial charge in [-0.25, -0.2) is 0 Å². The van der Waals surface area contributed by atoms with Gasteiger partial charge in [0.1, 0.15) is 6.10 Å². The van der Waals surface area contributed by atoms with E-state index < -0.39 is 22.0 Å². The van der Waals surface area contributed by atoms with Crippen molar-refractivity contribution in [2.45, 2.75) is 39.6 Å². The van der Waals surface area contributed by atoms with Crippen LogP contribution in [-0.2, 0) is 18.0 Å². The first-order valence-corrected chi connectivity index (χ1v) is 10.9. The van der Waals surface area contributed by atoms with E-state index in [2.05, 4.69) is 0 Å². The molecule has 0 bridgehead atoms. The molecule has 1 unspecified atom stereocenters. The Morgan fingerprint density at radius 1 is 1.24 bits per heavy atom. The largest absolute Gasteiger partial charge is 0.402 e. The number of hydrogen-bond acceptors (Lipinski definition) is 5. The zero-order chi connectivity index (χ0) is 13.5. The van der Waals surface area contributed by atoms with Gasteiger partial charge in [0.15, 0.2) is 8.32 Å². The average Bonchev–Trinajstić information content (AvgIpc) is 2.15. The van der Waals surface area contributed by atoms with Crippen LogP contribution in [0.25, 0.3) is 0 Å². The van der Waals surface area contributed by atoms with Crippen molar-refractivity contribution in [1.29, 1.82) is 5.26 Å². The standard InChI is InChI=1S/C10H22NO4PSi/c1-6-13-16(12,14-7-2)9-10(8-11)15-17(3,4)5/h10H,6-7,9H2,1-5H3. The van der Waals surface area contributed by atoms with Crippen molar-refractivity contribution in [2.24, 2.45) is 0 Å². The van der Waals surface area contributed by atoms with Gasteiger partial charge in [-0.3, -0.25) is 4.57 Å². The molecule has 0 rings (SSSR count). The smallest absolute Gasteiger partial charge is 0.334 e. The first-order valence-electron chi connectivity index (χ1n) is 5.72. The van der Waals surface area contributed by atoms with Crippen LogP contribution in [0.3, 0.4) is 0 Å². The number of nitriles is 1. The average molecular weight is 279 g/mol. The van der Waals surface area contributed by atoms with E-state index in [9.17, 15) is 4.57 Å². The van der Waals surface area contributed by atoms with Gasteiger partial charge in [0.05, 0.1) is 25.4 Å². The maximum atomic E-state index is 12.2. The lowest BCUT2D eigenvalue weighted by Crippen LogP contribution is -2.33. The molecule has 0 aromatic heterocycles. The van der Waals surface area contributed by atoms with Gasteiger partial charge < -0.3 is 13.5 Å². The Labute approximate surface area is 105 Å². The molecule has 100 valence electrons. The molecule has 0 aliphatic heterocycles. The minimum Gasteiger partial charge on any atom is -0.402 e. The lowest BCUT2D eigenvalue weighted by molar-refractivity contribution is 0.201. The van der Waals surface area contributed by atoms with Gasteiger partial charge in [-0.15, -0.1) is 0 Å². The van der Waals surface area contributed by atoms with E-state index in [0.29, 0.717) is 13.2 Å².